The summed E-state index contributed by atoms with van der Waals surface area (Å²) < 4.78 is 34.3. The number of nitrogens with two attached hydrogens (primary N) is 1. The molecule has 290 valence electrons. The molecule has 1 atom stereocenters. The van der Waals surface area contributed by atoms with E-state index in [2.05, 4.69) is 47.4 Å². The Morgan fingerprint density at radius 1 is 0.947 bits per heavy atom. The van der Waals surface area contributed by atoms with Crippen LogP contribution in [-0.2, 0) is 31.0 Å². The molecule has 5 aromatic rings. The van der Waals surface area contributed by atoms with E-state index in [1.165, 1.54) is 23.2 Å². The molecular formula is C40H37N9O7S. The fourth-order valence-electron chi connectivity index (χ4n) is 6.47. The van der Waals surface area contributed by atoms with Crippen molar-refractivity contribution in [2.75, 3.05) is 18.8 Å². The molecule has 1 fully saturated rings. The van der Waals surface area contributed by atoms with Crippen LogP contribution in [0.25, 0.3) is 34.3 Å². The van der Waals surface area contributed by atoms with E-state index in [4.69, 9.17) is 10.2 Å². The summed E-state index contributed by atoms with van der Waals surface area (Å²) in [6, 6.07) is 19.9. The molecule has 57 heavy (non-hydrogen) atoms. The van der Waals surface area contributed by atoms with Crippen LogP contribution in [-0.4, -0.2) is 76.2 Å². The van der Waals surface area contributed by atoms with Crippen LogP contribution in [0, 0.1) is 11.8 Å². The lowest BCUT2D eigenvalue weighted by Gasteiger charge is -2.29. The van der Waals surface area contributed by atoms with Gasteiger partial charge in [0.1, 0.15) is 6.04 Å². The number of rotatable bonds is 13. The normalized spacial score (nSPS) is 15.1. The molecular weight excluding hydrogens is 751 g/mol. The van der Waals surface area contributed by atoms with Crippen LogP contribution in [0.4, 0.5) is 5.82 Å². The van der Waals surface area contributed by atoms with Crippen molar-refractivity contribution in [1.29, 1.82) is 0 Å². The van der Waals surface area contributed by atoms with E-state index in [0.29, 0.717) is 53.1 Å². The van der Waals surface area contributed by atoms with Crippen molar-refractivity contribution in [2.45, 2.75) is 56.0 Å². The number of nitrogens with one attached hydrogen (secondary N) is 3. The molecule has 3 aromatic carbocycles. The van der Waals surface area contributed by atoms with E-state index in [9.17, 15) is 27.6 Å². The highest BCUT2D eigenvalue weighted by Crippen LogP contribution is 2.30. The summed E-state index contributed by atoms with van der Waals surface area (Å²) in [4.78, 5) is 59.6. The number of sulfonamides is 1. The molecule has 2 aromatic heterocycles. The van der Waals surface area contributed by atoms with Gasteiger partial charge in [-0.2, -0.15) is 0 Å². The van der Waals surface area contributed by atoms with Crippen molar-refractivity contribution in [3.63, 3.8) is 0 Å². The van der Waals surface area contributed by atoms with Crippen LogP contribution in [0.2, 0.25) is 0 Å². The van der Waals surface area contributed by atoms with Gasteiger partial charge in [-0.15, -0.1) is 10.2 Å². The second-order valence-corrected chi connectivity index (χ2v) is 15.1. The lowest BCUT2D eigenvalue weighted by atomic mass is 10.0. The Hall–Kier alpha value is -6.77. The molecule has 0 bridgehead atoms. The van der Waals surface area contributed by atoms with Crippen molar-refractivity contribution >= 4 is 39.5 Å². The number of hydrogen-bond acceptors (Lipinski definition) is 12. The molecule has 0 aliphatic carbocycles. The van der Waals surface area contributed by atoms with E-state index >= 15 is 0 Å². The van der Waals surface area contributed by atoms with Crippen LogP contribution in [0.15, 0.2) is 88.3 Å². The third-order valence-corrected chi connectivity index (χ3v) is 10.9. The standard InChI is InChI=1S/C40H37N9O7S/c41-36-35(39-48-47-38(56-39)27-9-3-1-4-10-27)45-31(23-43-36)26-15-17-28(18-16-26)57(54,55)44-22-6-2-5-14-33(50)42-21-8-12-25-11-7-13-29-30(25)24-49(40(29)53)32-19-20-34(51)46-37(32)52/h1,3-4,7,9-11,13,15-18,23,32,44H,2,5-6,14,19-22,24H2,(H2,41,43)(H,42,50)(H,46,51,52). The zero-order valence-electron chi connectivity index (χ0n) is 30.5. The van der Waals surface area contributed by atoms with E-state index < -0.39 is 22.0 Å². The number of piperidine rings is 1. The highest BCUT2D eigenvalue weighted by molar-refractivity contribution is 7.89. The smallest absolute Gasteiger partial charge is 0.270 e. The molecule has 4 amide bonds. The number of carbonyl (C=O) groups excluding carboxylic acids is 4. The van der Waals surface area contributed by atoms with Gasteiger partial charge in [0.15, 0.2) is 11.5 Å². The molecule has 16 nitrogen and oxygen atoms in total. The maximum absolute atomic E-state index is 13.0. The minimum absolute atomic E-state index is 0.0819. The topological polar surface area (TPSA) is 232 Å². The number of benzene rings is 3. The first kappa shape index (κ1) is 38.5. The van der Waals surface area contributed by atoms with Crippen molar-refractivity contribution in [3.05, 3.63) is 95.7 Å². The number of hydrogen-bond donors (Lipinski definition) is 4. The summed E-state index contributed by atoms with van der Waals surface area (Å²) in [6.45, 7) is 0.512. The fourth-order valence-corrected chi connectivity index (χ4v) is 7.54. The summed E-state index contributed by atoms with van der Waals surface area (Å²) in [5.74, 6) is 5.17. The second kappa shape index (κ2) is 16.9. The number of unbranched alkanes of at least 4 members (excludes halogenated alkanes) is 2. The Kier molecular flexibility index (Phi) is 11.4. The molecule has 0 saturated carbocycles. The van der Waals surface area contributed by atoms with Crippen molar-refractivity contribution in [1.82, 2.24) is 40.4 Å². The summed E-state index contributed by atoms with van der Waals surface area (Å²) in [6.07, 6.45) is 3.89. The lowest BCUT2D eigenvalue weighted by Crippen LogP contribution is -2.52. The maximum atomic E-state index is 13.0. The number of fused-ring (bicyclic) bond motifs is 1. The zero-order valence-corrected chi connectivity index (χ0v) is 31.3. The maximum Gasteiger partial charge on any atom is 0.270 e. The van der Waals surface area contributed by atoms with Crippen LogP contribution >= 0.6 is 0 Å². The van der Waals surface area contributed by atoms with E-state index in [0.717, 1.165) is 5.56 Å². The molecule has 2 aliphatic rings. The first-order valence-corrected chi connectivity index (χ1v) is 19.7. The summed E-state index contributed by atoms with van der Waals surface area (Å²) in [5.41, 5.74) is 9.87. The Morgan fingerprint density at radius 2 is 1.74 bits per heavy atom. The average molecular weight is 788 g/mol. The van der Waals surface area contributed by atoms with Crippen LogP contribution in [0.3, 0.4) is 0 Å². The number of amides is 4. The molecule has 0 spiro atoms. The SMILES string of the molecule is Nc1ncc(-c2ccc(S(=O)(=O)NCCCCCC(=O)NCC#Cc3cccc4c3CN(C3CCC(=O)NC3=O)C4=O)cc2)nc1-c1nnc(-c2ccccc2)o1. The third kappa shape index (κ3) is 8.88. The zero-order chi connectivity index (χ0) is 39.9. The first-order chi connectivity index (χ1) is 27.6. The molecule has 7 rings (SSSR count). The van der Waals surface area contributed by atoms with E-state index in [1.54, 1.807) is 30.3 Å². The minimum atomic E-state index is -3.79. The Balaban J connectivity index is 0.835. The minimum Gasteiger partial charge on any atom is -0.414 e. The number of anilines is 1. The number of imide groups is 1. The number of aromatic nitrogens is 4. The monoisotopic (exact) mass is 787 g/mol. The molecule has 1 saturated heterocycles. The molecule has 1 unspecified atom stereocenters. The molecule has 0 radical (unpaired) electrons. The number of nitrogen functional groups attached to an aromatic ring is 1. The van der Waals surface area contributed by atoms with Gasteiger partial charge in [0.2, 0.25) is 33.6 Å². The van der Waals surface area contributed by atoms with Crippen LogP contribution < -0.4 is 21.1 Å². The Morgan fingerprint density at radius 3 is 2.53 bits per heavy atom. The predicted octanol–water partition coefficient (Wildman–Crippen LogP) is 3.21. The quantitative estimate of drug-likeness (QED) is 0.0766. The van der Waals surface area contributed by atoms with Crippen molar-refractivity contribution in [2.24, 2.45) is 0 Å². The molecule has 17 heteroatoms. The van der Waals surface area contributed by atoms with Gasteiger partial charge in [0.25, 0.3) is 11.8 Å². The van der Waals surface area contributed by atoms with Gasteiger partial charge in [0, 0.05) is 48.2 Å². The molecule has 4 heterocycles. The Labute approximate surface area is 327 Å². The van der Waals surface area contributed by atoms with Gasteiger partial charge in [0.05, 0.1) is 23.3 Å². The van der Waals surface area contributed by atoms with Gasteiger partial charge in [-0.1, -0.05) is 54.7 Å². The molecule has 2 aliphatic heterocycles. The van der Waals surface area contributed by atoms with Gasteiger partial charge >= 0.3 is 0 Å². The average Bonchev–Trinajstić information content (AvgIpc) is 3.84. The largest absolute Gasteiger partial charge is 0.414 e. The summed E-state index contributed by atoms with van der Waals surface area (Å²) >= 11 is 0. The second-order valence-electron chi connectivity index (χ2n) is 13.3. The van der Waals surface area contributed by atoms with E-state index in [-0.39, 0.29) is 78.9 Å². The number of nitrogens with zero attached hydrogens (tertiary/aromatic N) is 5. The number of carbonyl (C=O) groups is 4. The predicted molar refractivity (Wildman–Crippen MR) is 207 cm³/mol. The highest BCUT2D eigenvalue weighted by atomic mass is 32.2. The Bertz CT molecular complexity index is 2510. The van der Waals surface area contributed by atoms with Gasteiger partial charge in [-0.05, 0) is 61.2 Å². The van der Waals surface area contributed by atoms with Crippen LogP contribution in [0.1, 0.15) is 60.0 Å². The summed E-state index contributed by atoms with van der Waals surface area (Å²) in [7, 11) is -3.79. The van der Waals surface area contributed by atoms with Gasteiger partial charge in [-0.25, -0.2) is 23.1 Å². The molecule has 5 N–H and O–H groups in total. The van der Waals surface area contributed by atoms with E-state index in [1.807, 2.05) is 30.3 Å². The first-order valence-electron chi connectivity index (χ1n) is 18.2. The van der Waals surface area contributed by atoms with Crippen LogP contribution in [0.5, 0.6) is 0 Å². The fraction of sp³-hybridized carbons (Fsp3) is 0.250. The van der Waals surface area contributed by atoms with Crippen molar-refractivity contribution in [3.8, 4) is 46.1 Å². The van der Waals surface area contributed by atoms with Gasteiger partial charge < -0.3 is 20.4 Å². The van der Waals surface area contributed by atoms with Crippen molar-refractivity contribution < 1.29 is 32.0 Å². The highest BCUT2D eigenvalue weighted by Gasteiger charge is 2.39. The summed E-state index contributed by atoms with van der Waals surface area (Å²) in [5, 5.41) is 13.2. The third-order valence-electron chi connectivity index (χ3n) is 9.46. The van der Waals surface area contributed by atoms with Gasteiger partial charge in [-0.3, -0.25) is 24.5 Å². The lowest BCUT2D eigenvalue weighted by molar-refractivity contribution is -0.137.